The van der Waals surface area contributed by atoms with Crippen LogP contribution in [-0.4, -0.2) is 44.2 Å². The van der Waals surface area contributed by atoms with Crippen LogP contribution in [0.15, 0.2) is 47.4 Å². The van der Waals surface area contributed by atoms with E-state index in [1.54, 1.807) is 12.1 Å². The molecule has 8 heteroatoms. The molecule has 1 saturated carbocycles. The van der Waals surface area contributed by atoms with Crippen LogP contribution in [0.2, 0.25) is 0 Å². The first-order chi connectivity index (χ1) is 17.4. The molecular weight excluding hydrogens is 474 g/mol. The van der Waals surface area contributed by atoms with E-state index in [0.29, 0.717) is 32.5 Å². The van der Waals surface area contributed by atoms with Gasteiger partial charge >= 0.3 is 0 Å². The normalized spacial score (nSPS) is 19.4. The number of benzene rings is 2. The van der Waals surface area contributed by atoms with Gasteiger partial charge in [0.1, 0.15) is 0 Å². The molecule has 2 amide bonds. The number of carbonyl (C=O) groups is 2. The topological polar surface area (TPSA) is 86.8 Å². The highest BCUT2D eigenvalue weighted by Gasteiger charge is 2.35. The molecule has 2 aromatic carbocycles. The molecule has 2 heterocycles. The van der Waals surface area contributed by atoms with Crippen LogP contribution in [0.1, 0.15) is 56.6 Å². The van der Waals surface area contributed by atoms with Crippen molar-refractivity contribution in [3.05, 3.63) is 53.6 Å². The van der Waals surface area contributed by atoms with Gasteiger partial charge < -0.3 is 10.2 Å². The number of aryl methyl sites for hydroxylation is 2. The fourth-order valence-electron chi connectivity index (χ4n) is 5.41. The van der Waals surface area contributed by atoms with Crippen molar-refractivity contribution < 1.29 is 18.0 Å². The number of fused-ring (bicyclic) bond motifs is 1. The van der Waals surface area contributed by atoms with Crippen LogP contribution in [0.5, 0.6) is 0 Å². The third-order valence-electron chi connectivity index (χ3n) is 7.98. The summed E-state index contributed by atoms with van der Waals surface area (Å²) in [6.07, 6.45) is 6.57. The number of nitrogens with zero attached hydrogens (tertiary/aromatic N) is 2. The van der Waals surface area contributed by atoms with Crippen molar-refractivity contribution >= 4 is 33.2 Å². The first-order valence-electron chi connectivity index (χ1n) is 13.2. The maximum atomic E-state index is 13.4. The van der Waals surface area contributed by atoms with Gasteiger partial charge in [-0.1, -0.05) is 25.5 Å². The van der Waals surface area contributed by atoms with Gasteiger partial charge in [0.15, 0.2) is 0 Å². The minimum atomic E-state index is -3.66. The van der Waals surface area contributed by atoms with Crippen molar-refractivity contribution in [1.29, 1.82) is 0 Å². The van der Waals surface area contributed by atoms with Crippen LogP contribution in [0.25, 0.3) is 0 Å². The molecule has 192 valence electrons. The Bertz CT molecular complexity index is 1230. The van der Waals surface area contributed by atoms with Crippen LogP contribution in [0.3, 0.4) is 0 Å². The zero-order valence-electron chi connectivity index (χ0n) is 20.9. The lowest BCUT2D eigenvalue weighted by Gasteiger charge is -2.35. The van der Waals surface area contributed by atoms with E-state index in [1.165, 1.54) is 9.87 Å². The fraction of sp³-hybridized carbons (Fsp3) is 0.500. The van der Waals surface area contributed by atoms with Gasteiger partial charge in [0, 0.05) is 42.8 Å². The molecule has 2 fully saturated rings. The van der Waals surface area contributed by atoms with Crippen molar-refractivity contribution in [3.8, 4) is 0 Å². The largest absolute Gasteiger partial charge is 0.326 e. The molecule has 36 heavy (non-hydrogen) atoms. The van der Waals surface area contributed by atoms with E-state index in [-0.39, 0.29) is 28.5 Å². The van der Waals surface area contributed by atoms with Crippen LogP contribution in [0, 0.1) is 11.8 Å². The summed E-state index contributed by atoms with van der Waals surface area (Å²) in [6.45, 7) is 3.43. The SMILES string of the molecule is CCc1ccc(NC(=O)C2CCN(S(=O)(=O)c3ccc4c(c3)CCCN4C(=O)C3CCC3)CC2)cc1. The molecule has 0 radical (unpaired) electrons. The summed E-state index contributed by atoms with van der Waals surface area (Å²) >= 11 is 0. The lowest BCUT2D eigenvalue weighted by atomic mass is 9.83. The number of hydrogen-bond acceptors (Lipinski definition) is 4. The number of carbonyl (C=O) groups excluding carboxylic acids is 2. The Morgan fingerprint density at radius 1 is 0.917 bits per heavy atom. The predicted octanol–water partition coefficient (Wildman–Crippen LogP) is 4.37. The van der Waals surface area contributed by atoms with Crippen molar-refractivity contribution in [3.63, 3.8) is 0 Å². The van der Waals surface area contributed by atoms with E-state index in [2.05, 4.69) is 12.2 Å². The molecule has 0 atom stereocenters. The van der Waals surface area contributed by atoms with Gasteiger partial charge in [-0.3, -0.25) is 9.59 Å². The molecule has 0 unspecified atom stereocenters. The minimum Gasteiger partial charge on any atom is -0.326 e. The van der Waals surface area contributed by atoms with E-state index < -0.39 is 10.0 Å². The van der Waals surface area contributed by atoms with Gasteiger partial charge in [0.05, 0.1) is 4.90 Å². The Morgan fingerprint density at radius 3 is 2.28 bits per heavy atom. The molecule has 0 bridgehead atoms. The predicted molar refractivity (Wildman–Crippen MR) is 140 cm³/mol. The molecule has 1 saturated heterocycles. The molecule has 3 aliphatic rings. The summed E-state index contributed by atoms with van der Waals surface area (Å²) in [6, 6.07) is 13.0. The Kier molecular flexibility index (Phi) is 7.17. The lowest BCUT2D eigenvalue weighted by Crippen LogP contribution is -2.42. The number of anilines is 2. The molecule has 1 aliphatic carbocycles. The van der Waals surface area contributed by atoms with E-state index in [0.717, 1.165) is 55.5 Å². The van der Waals surface area contributed by atoms with Crippen molar-refractivity contribution in [2.24, 2.45) is 11.8 Å². The van der Waals surface area contributed by atoms with Crippen LogP contribution >= 0.6 is 0 Å². The van der Waals surface area contributed by atoms with Crippen molar-refractivity contribution in [2.75, 3.05) is 29.9 Å². The summed E-state index contributed by atoms with van der Waals surface area (Å²) in [5, 5.41) is 2.97. The number of piperidine rings is 1. The van der Waals surface area contributed by atoms with Gasteiger partial charge in [-0.2, -0.15) is 4.31 Å². The molecule has 5 rings (SSSR count). The monoisotopic (exact) mass is 509 g/mol. The smallest absolute Gasteiger partial charge is 0.243 e. The number of amides is 2. The van der Waals surface area contributed by atoms with E-state index in [4.69, 9.17) is 0 Å². The number of sulfonamides is 1. The van der Waals surface area contributed by atoms with Crippen molar-refractivity contribution in [1.82, 2.24) is 4.31 Å². The minimum absolute atomic E-state index is 0.0544. The van der Waals surface area contributed by atoms with Gasteiger partial charge in [-0.25, -0.2) is 8.42 Å². The number of nitrogens with one attached hydrogen (secondary N) is 1. The van der Waals surface area contributed by atoms with E-state index in [9.17, 15) is 18.0 Å². The van der Waals surface area contributed by atoms with Crippen molar-refractivity contribution in [2.45, 2.75) is 63.2 Å². The molecule has 7 nitrogen and oxygen atoms in total. The standard InChI is InChI=1S/C28H35N3O4S/c1-2-20-8-10-24(11-9-20)29-27(32)21-14-17-30(18-15-21)36(34,35)25-12-13-26-23(19-25)7-4-16-31(26)28(33)22-5-3-6-22/h8-13,19,21-22H,2-7,14-18H2,1H3,(H,29,32). The maximum Gasteiger partial charge on any atom is 0.243 e. The highest BCUT2D eigenvalue weighted by Crippen LogP contribution is 2.35. The Balaban J connectivity index is 1.23. The zero-order chi connectivity index (χ0) is 25.3. The fourth-order valence-corrected chi connectivity index (χ4v) is 6.93. The highest BCUT2D eigenvalue weighted by atomic mass is 32.2. The second-order valence-electron chi connectivity index (χ2n) is 10.2. The summed E-state index contributed by atoms with van der Waals surface area (Å²) in [5.74, 6) is 0.0335. The van der Waals surface area contributed by atoms with Gasteiger partial charge in [-0.15, -0.1) is 0 Å². The third kappa shape index (κ3) is 4.93. The molecule has 2 aromatic rings. The third-order valence-corrected chi connectivity index (χ3v) is 9.88. The molecule has 1 N–H and O–H groups in total. The summed E-state index contributed by atoms with van der Waals surface area (Å²) in [7, 11) is -3.66. The highest BCUT2D eigenvalue weighted by molar-refractivity contribution is 7.89. The lowest BCUT2D eigenvalue weighted by molar-refractivity contribution is -0.124. The van der Waals surface area contributed by atoms with Gasteiger partial charge in [0.2, 0.25) is 21.8 Å². The van der Waals surface area contributed by atoms with Crippen LogP contribution in [-0.2, 0) is 32.5 Å². The Morgan fingerprint density at radius 2 is 1.64 bits per heavy atom. The first kappa shape index (κ1) is 25.0. The molecule has 0 aromatic heterocycles. The maximum absolute atomic E-state index is 13.4. The zero-order valence-corrected chi connectivity index (χ0v) is 21.7. The summed E-state index contributed by atoms with van der Waals surface area (Å²) < 4.78 is 28.3. The summed E-state index contributed by atoms with van der Waals surface area (Å²) in [5.41, 5.74) is 3.77. The van der Waals surface area contributed by atoms with Gasteiger partial charge in [0.25, 0.3) is 0 Å². The van der Waals surface area contributed by atoms with Crippen LogP contribution < -0.4 is 10.2 Å². The first-order valence-corrected chi connectivity index (χ1v) is 14.6. The van der Waals surface area contributed by atoms with Crippen LogP contribution in [0.4, 0.5) is 11.4 Å². The molecule has 2 aliphatic heterocycles. The number of rotatable bonds is 6. The van der Waals surface area contributed by atoms with E-state index in [1.807, 2.05) is 35.2 Å². The Labute approximate surface area is 213 Å². The van der Waals surface area contributed by atoms with Gasteiger partial charge in [-0.05, 0) is 86.4 Å². The van der Waals surface area contributed by atoms with E-state index >= 15 is 0 Å². The average Bonchev–Trinajstić information content (AvgIpc) is 2.87. The quantitative estimate of drug-likeness (QED) is 0.627. The Hall–Kier alpha value is -2.71. The summed E-state index contributed by atoms with van der Waals surface area (Å²) in [4.78, 5) is 27.8. The average molecular weight is 510 g/mol. The molecule has 0 spiro atoms. The number of hydrogen-bond donors (Lipinski definition) is 1. The molecular formula is C28H35N3O4S. The second kappa shape index (κ2) is 10.3. The second-order valence-corrected chi connectivity index (χ2v) is 12.2.